The van der Waals surface area contributed by atoms with Gasteiger partial charge < -0.3 is 4.74 Å². The van der Waals surface area contributed by atoms with Crippen LogP contribution in [-0.2, 0) is 14.3 Å². The molecule has 92 valence electrons. The van der Waals surface area contributed by atoms with Gasteiger partial charge in [-0.3, -0.25) is 9.59 Å². The van der Waals surface area contributed by atoms with Crippen LogP contribution in [0.1, 0.15) is 51.4 Å². The number of unbranched alkanes of at least 4 members (excludes halogenated alkanes) is 6. The Morgan fingerprint density at radius 3 is 2.31 bits per heavy atom. The molecule has 0 spiro atoms. The Balaban J connectivity index is 3.07. The van der Waals surface area contributed by atoms with Crippen LogP contribution in [-0.4, -0.2) is 19.4 Å². The Hall–Kier alpha value is -1.12. The highest BCUT2D eigenvalue weighted by Gasteiger charge is 1.98. The summed E-state index contributed by atoms with van der Waals surface area (Å²) in [6.45, 7) is 0. The van der Waals surface area contributed by atoms with Crippen molar-refractivity contribution < 1.29 is 14.3 Å². The Morgan fingerprint density at radius 1 is 1.06 bits per heavy atom. The summed E-state index contributed by atoms with van der Waals surface area (Å²) in [6.07, 6.45) is 12.5. The predicted octanol–water partition coefficient (Wildman–Crippen LogP) is 3.04. The van der Waals surface area contributed by atoms with Gasteiger partial charge in [-0.25, -0.2) is 0 Å². The minimum Gasteiger partial charge on any atom is -0.469 e. The summed E-state index contributed by atoms with van der Waals surface area (Å²) in [7, 11) is 1.43. The summed E-state index contributed by atoms with van der Waals surface area (Å²) < 4.78 is 4.56. The van der Waals surface area contributed by atoms with Crippen LogP contribution in [0.3, 0.4) is 0 Å². The van der Waals surface area contributed by atoms with Gasteiger partial charge in [-0.2, -0.15) is 0 Å². The molecule has 16 heavy (non-hydrogen) atoms. The zero-order valence-corrected chi connectivity index (χ0v) is 10.1. The second-order valence-corrected chi connectivity index (χ2v) is 3.80. The number of carbonyl (C=O) groups is 2. The van der Waals surface area contributed by atoms with E-state index in [0.29, 0.717) is 6.42 Å². The third-order valence-electron chi connectivity index (χ3n) is 2.44. The van der Waals surface area contributed by atoms with Crippen molar-refractivity contribution in [3.8, 4) is 0 Å². The molecule has 3 heteroatoms. The van der Waals surface area contributed by atoms with Crippen molar-refractivity contribution >= 4 is 12.3 Å². The van der Waals surface area contributed by atoms with Crippen molar-refractivity contribution in [1.29, 1.82) is 0 Å². The minimum absolute atomic E-state index is 0.112. The van der Waals surface area contributed by atoms with E-state index in [1.54, 1.807) is 6.08 Å². The first-order valence-electron chi connectivity index (χ1n) is 5.98. The molecule has 0 N–H and O–H groups in total. The van der Waals surface area contributed by atoms with E-state index in [-0.39, 0.29) is 5.97 Å². The van der Waals surface area contributed by atoms with Gasteiger partial charge >= 0.3 is 5.97 Å². The van der Waals surface area contributed by atoms with Crippen LogP contribution in [0.25, 0.3) is 0 Å². The van der Waals surface area contributed by atoms with E-state index in [4.69, 9.17) is 0 Å². The van der Waals surface area contributed by atoms with E-state index in [1.807, 2.05) is 6.08 Å². The van der Waals surface area contributed by atoms with E-state index in [0.717, 1.165) is 32.0 Å². The maximum atomic E-state index is 10.8. The van der Waals surface area contributed by atoms with Gasteiger partial charge in [-0.05, 0) is 25.3 Å². The zero-order valence-electron chi connectivity index (χ0n) is 10.1. The minimum atomic E-state index is -0.112. The first-order chi connectivity index (χ1) is 7.81. The Labute approximate surface area is 97.9 Å². The molecule has 0 radical (unpaired) electrons. The van der Waals surface area contributed by atoms with Crippen LogP contribution in [0.4, 0.5) is 0 Å². The third-order valence-corrected chi connectivity index (χ3v) is 2.44. The second kappa shape index (κ2) is 12.0. The summed E-state index contributed by atoms with van der Waals surface area (Å²) in [5.74, 6) is -0.112. The van der Waals surface area contributed by atoms with E-state index in [9.17, 15) is 9.59 Å². The van der Waals surface area contributed by atoms with Crippen molar-refractivity contribution in [2.45, 2.75) is 51.4 Å². The van der Waals surface area contributed by atoms with Gasteiger partial charge in [0.1, 0.15) is 6.29 Å². The normalized spacial score (nSPS) is 10.6. The quantitative estimate of drug-likeness (QED) is 0.249. The molecular formula is C13H22O3. The number of aldehydes is 1. The van der Waals surface area contributed by atoms with Crippen LogP contribution in [0.5, 0.6) is 0 Å². The molecule has 0 amide bonds. The lowest BCUT2D eigenvalue weighted by atomic mass is 10.1. The molecule has 0 rings (SSSR count). The van der Waals surface area contributed by atoms with Crippen molar-refractivity contribution in [2.24, 2.45) is 0 Å². The van der Waals surface area contributed by atoms with Gasteiger partial charge in [-0.1, -0.05) is 31.8 Å². The molecule has 0 unspecified atom stereocenters. The fourth-order valence-electron chi connectivity index (χ4n) is 1.49. The van der Waals surface area contributed by atoms with Gasteiger partial charge in [0.15, 0.2) is 0 Å². The highest BCUT2D eigenvalue weighted by molar-refractivity contribution is 5.68. The highest BCUT2D eigenvalue weighted by Crippen LogP contribution is 2.09. The molecule has 0 aliphatic carbocycles. The maximum Gasteiger partial charge on any atom is 0.305 e. The first kappa shape index (κ1) is 14.9. The molecule has 0 atom stereocenters. The molecule has 0 aliphatic rings. The fourth-order valence-corrected chi connectivity index (χ4v) is 1.49. The predicted molar refractivity (Wildman–Crippen MR) is 64.2 cm³/mol. The average molecular weight is 226 g/mol. The SMILES string of the molecule is COC(=O)CCCCCCCCC=CC=O. The molecule has 0 aromatic heterocycles. The summed E-state index contributed by atoms with van der Waals surface area (Å²) in [5.41, 5.74) is 0. The summed E-state index contributed by atoms with van der Waals surface area (Å²) in [4.78, 5) is 20.8. The standard InChI is InChI=1S/C13H22O3/c1-16-13(15)11-9-7-5-3-2-4-6-8-10-12-14/h8,10,12H,2-7,9,11H2,1H3. The molecule has 0 fully saturated rings. The monoisotopic (exact) mass is 226 g/mol. The Kier molecular flexibility index (Phi) is 11.1. The molecule has 0 aliphatic heterocycles. The zero-order chi connectivity index (χ0) is 12.1. The molecule has 0 saturated heterocycles. The van der Waals surface area contributed by atoms with Crippen molar-refractivity contribution in [3.63, 3.8) is 0 Å². The maximum absolute atomic E-state index is 10.8. The molecule has 0 bridgehead atoms. The fraction of sp³-hybridized carbons (Fsp3) is 0.692. The summed E-state index contributed by atoms with van der Waals surface area (Å²) in [5, 5.41) is 0. The van der Waals surface area contributed by atoms with E-state index >= 15 is 0 Å². The number of esters is 1. The number of hydrogen-bond acceptors (Lipinski definition) is 3. The number of ether oxygens (including phenoxy) is 1. The molecule has 0 saturated carbocycles. The lowest BCUT2D eigenvalue weighted by Crippen LogP contribution is -1.99. The van der Waals surface area contributed by atoms with Crippen LogP contribution >= 0.6 is 0 Å². The number of allylic oxidation sites excluding steroid dienone is 2. The van der Waals surface area contributed by atoms with Gasteiger partial charge in [0.05, 0.1) is 7.11 Å². The molecule has 0 aromatic carbocycles. The van der Waals surface area contributed by atoms with Crippen LogP contribution in [0, 0.1) is 0 Å². The summed E-state index contributed by atoms with van der Waals surface area (Å²) in [6, 6.07) is 0. The van der Waals surface area contributed by atoms with Crippen molar-refractivity contribution in [2.75, 3.05) is 7.11 Å². The van der Waals surface area contributed by atoms with E-state index in [1.165, 1.54) is 26.4 Å². The van der Waals surface area contributed by atoms with Crippen LogP contribution in [0.2, 0.25) is 0 Å². The van der Waals surface area contributed by atoms with Crippen molar-refractivity contribution in [1.82, 2.24) is 0 Å². The number of methoxy groups -OCH3 is 1. The van der Waals surface area contributed by atoms with Gasteiger partial charge in [0.25, 0.3) is 0 Å². The molecule has 3 nitrogen and oxygen atoms in total. The van der Waals surface area contributed by atoms with Crippen molar-refractivity contribution in [3.05, 3.63) is 12.2 Å². The largest absolute Gasteiger partial charge is 0.469 e. The average Bonchev–Trinajstić information content (AvgIpc) is 2.31. The lowest BCUT2D eigenvalue weighted by Gasteiger charge is -2.00. The van der Waals surface area contributed by atoms with Gasteiger partial charge in [-0.15, -0.1) is 0 Å². The Bertz CT molecular complexity index is 209. The second-order valence-electron chi connectivity index (χ2n) is 3.80. The smallest absolute Gasteiger partial charge is 0.305 e. The lowest BCUT2D eigenvalue weighted by molar-refractivity contribution is -0.140. The van der Waals surface area contributed by atoms with E-state index < -0.39 is 0 Å². The van der Waals surface area contributed by atoms with E-state index in [2.05, 4.69) is 4.74 Å². The molecule has 0 heterocycles. The van der Waals surface area contributed by atoms with Gasteiger partial charge in [0.2, 0.25) is 0 Å². The van der Waals surface area contributed by atoms with Gasteiger partial charge in [0, 0.05) is 6.42 Å². The molecule has 0 aromatic rings. The van der Waals surface area contributed by atoms with Crippen LogP contribution < -0.4 is 0 Å². The Morgan fingerprint density at radius 2 is 1.69 bits per heavy atom. The number of carbonyl (C=O) groups excluding carboxylic acids is 2. The number of rotatable bonds is 10. The topological polar surface area (TPSA) is 43.4 Å². The first-order valence-corrected chi connectivity index (χ1v) is 5.98. The summed E-state index contributed by atoms with van der Waals surface area (Å²) >= 11 is 0. The number of hydrogen-bond donors (Lipinski definition) is 0. The third kappa shape index (κ3) is 11.0. The molecular weight excluding hydrogens is 204 g/mol. The highest BCUT2D eigenvalue weighted by atomic mass is 16.5. The van der Waals surface area contributed by atoms with Crippen LogP contribution in [0.15, 0.2) is 12.2 Å².